The van der Waals surface area contributed by atoms with Crippen molar-refractivity contribution in [1.82, 2.24) is 15.3 Å². The average molecular weight is 282 g/mol. The zero-order chi connectivity index (χ0) is 13.8. The van der Waals surface area contributed by atoms with E-state index in [0.717, 1.165) is 38.5 Å². The van der Waals surface area contributed by atoms with Crippen molar-refractivity contribution < 1.29 is 13.9 Å². The lowest BCUT2D eigenvalue weighted by Crippen LogP contribution is -2.42. The van der Waals surface area contributed by atoms with Crippen LogP contribution >= 0.6 is 0 Å². The van der Waals surface area contributed by atoms with Crippen LogP contribution in [0.1, 0.15) is 6.42 Å². The van der Waals surface area contributed by atoms with E-state index in [1.807, 2.05) is 0 Å². The van der Waals surface area contributed by atoms with E-state index in [1.54, 1.807) is 0 Å². The summed E-state index contributed by atoms with van der Waals surface area (Å²) in [5.41, 5.74) is -0.202. The first kappa shape index (κ1) is 13.7. The Kier molecular flexibility index (Phi) is 4.09. The zero-order valence-corrected chi connectivity index (χ0v) is 11.3. The average Bonchev–Trinajstić information content (AvgIpc) is 2.71. The van der Waals surface area contributed by atoms with Gasteiger partial charge < -0.3 is 20.1 Å². The maximum atomic E-state index is 12.7. The van der Waals surface area contributed by atoms with Crippen molar-refractivity contribution in [1.29, 1.82) is 0 Å². The molecule has 7 heteroatoms. The molecule has 2 atom stereocenters. The molecule has 0 aromatic carbocycles. The molecule has 0 bridgehead atoms. The quantitative estimate of drug-likeness (QED) is 0.837. The van der Waals surface area contributed by atoms with Gasteiger partial charge in [-0.25, -0.2) is 14.4 Å². The molecule has 0 aliphatic carbocycles. The van der Waals surface area contributed by atoms with Crippen molar-refractivity contribution >= 4 is 5.95 Å². The molecule has 0 radical (unpaired) electrons. The Labute approximate surface area is 117 Å². The molecule has 2 saturated heterocycles. The molecule has 2 aliphatic heterocycles. The fourth-order valence-electron chi connectivity index (χ4n) is 2.70. The summed E-state index contributed by atoms with van der Waals surface area (Å²) in [6, 6.07) is 0. The van der Waals surface area contributed by atoms with Gasteiger partial charge in [0.25, 0.3) is 0 Å². The molecule has 2 fully saturated rings. The third-order valence-electron chi connectivity index (χ3n) is 3.69. The molecule has 2 N–H and O–H groups in total. The van der Waals surface area contributed by atoms with Crippen LogP contribution in [0.2, 0.25) is 0 Å². The number of hydrogen-bond donors (Lipinski definition) is 2. The molecule has 1 aromatic rings. The van der Waals surface area contributed by atoms with Gasteiger partial charge in [0.05, 0.1) is 32.2 Å². The maximum absolute atomic E-state index is 12.7. The molecule has 1 aromatic heterocycles. The molecule has 0 unspecified atom stereocenters. The lowest BCUT2D eigenvalue weighted by atomic mass is 9.95. The summed E-state index contributed by atoms with van der Waals surface area (Å²) in [6.45, 7) is 4.49. The highest BCUT2D eigenvalue weighted by molar-refractivity contribution is 5.22. The predicted octanol–water partition coefficient (Wildman–Crippen LogP) is 0.423. The fraction of sp³-hybridized carbons (Fsp3) is 0.692. The number of halogens is 1. The Bertz CT molecular complexity index is 435. The summed E-state index contributed by atoms with van der Waals surface area (Å²) in [4.78, 5) is 7.77. The van der Waals surface area contributed by atoms with Gasteiger partial charge in [-0.05, 0) is 6.42 Å². The fourth-order valence-corrected chi connectivity index (χ4v) is 2.70. The second kappa shape index (κ2) is 5.99. The minimum atomic E-state index is -0.430. The molecule has 0 amide bonds. The van der Waals surface area contributed by atoms with Crippen LogP contribution in [0.15, 0.2) is 12.4 Å². The molecule has 3 heterocycles. The standard InChI is InChI=1S/C13H19FN4O2/c14-11-5-17-12(18-6-11)16-4-10-3-13(20-7-10)8-15-1-2-19-9-13/h5-6,10,15H,1-4,7-9H2,(H,16,17,18)/t10-,13+/m0/s1. The van der Waals surface area contributed by atoms with Gasteiger partial charge in [-0.3, -0.25) is 0 Å². The number of nitrogens with zero attached hydrogens (tertiary/aromatic N) is 2. The molecule has 110 valence electrons. The van der Waals surface area contributed by atoms with E-state index in [9.17, 15) is 4.39 Å². The Balaban J connectivity index is 1.51. The minimum Gasteiger partial charge on any atom is -0.377 e. The van der Waals surface area contributed by atoms with E-state index in [2.05, 4.69) is 20.6 Å². The molecule has 1 spiro atoms. The summed E-state index contributed by atoms with van der Waals surface area (Å²) < 4.78 is 24.2. The van der Waals surface area contributed by atoms with Crippen molar-refractivity contribution in [3.63, 3.8) is 0 Å². The molecule has 3 rings (SSSR count). The SMILES string of the molecule is Fc1cnc(NC[C@H]2CO[C@@]3(CNCCOC3)C2)nc1. The van der Waals surface area contributed by atoms with Crippen LogP contribution in [0.25, 0.3) is 0 Å². The van der Waals surface area contributed by atoms with Gasteiger partial charge in [0.15, 0.2) is 5.82 Å². The van der Waals surface area contributed by atoms with E-state index >= 15 is 0 Å². The van der Waals surface area contributed by atoms with Crippen LogP contribution in [-0.2, 0) is 9.47 Å². The number of hydrogen-bond acceptors (Lipinski definition) is 6. The van der Waals surface area contributed by atoms with Crippen molar-refractivity contribution in [2.45, 2.75) is 12.0 Å². The summed E-state index contributed by atoms with van der Waals surface area (Å²) in [5.74, 6) is 0.398. The first-order valence-electron chi connectivity index (χ1n) is 6.90. The second-order valence-electron chi connectivity index (χ2n) is 5.40. The van der Waals surface area contributed by atoms with Gasteiger partial charge in [0.1, 0.15) is 5.60 Å². The van der Waals surface area contributed by atoms with Crippen molar-refractivity contribution in [3.05, 3.63) is 18.2 Å². The highest BCUT2D eigenvalue weighted by Crippen LogP contribution is 2.30. The lowest BCUT2D eigenvalue weighted by molar-refractivity contribution is -0.0471. The Morgan fingerprint density at radius 3 is 3.15 bits per heavy atom. The van der Waals surface area contributed by atoms with E-state index in [1.165, 1.54) is 0 Å². The summed E-state index contributed by atoms with van der Waals surface area (Å²) in [6.07, 6.45) is 3.25. The van der Waals surface area contributed by atoms with Crippen LogP contribution in [0.5, 0.6) is 0 Å². The number of rotatable bonds is 3. The van der Waals surface area contributed by atoms with Crippen LogP contribution in [0.3, 0.4) is 0 Å². The largest absolute Gasteiger partial charge is 0.377 e. The normalized spacial score (nSPS) is 30.4. The van der Waals surface area contributed by atoms with Crippen molar-refractivity contribution in [3.8, 4) is 0 Å². The molecule has 0 saturated carbocycles. The third-order valence-corrected chi connectivity index (χ3v) is 3.69. The number of ether oxygens (including phenoxy) is 2. The topological polar surface area (TPSA) is 68.3 Å². The van der Waals surface area contributed by atoms with Crippen LogP contribution in [-0.4, -0.2) is 55.0 Å². The van der Waals surface area contributed by atoms with Gasteiger partial charge in [-0.15, -0.1) is 0 Å². The summed E-state index contributed by atoms with van der Waals surface area (Å²) >= 11 is 0. The van der Waals surface area contributed by atoms with Crippen LogP contribution in [0, 0.1) is 11.7 Å². The van der Waals surface area contributed by atoms with Crippen molar-refractivity contribution in [2.24, 2.45) is 5.92 Å². The molecule has 6 nitrogen and oxygen atoms in total. The number of nitrogens with one attached hydrogen (secondary N) is 2. The first-order valence-corrected chi connectivity index (χ1v) is 6.90. The van der Waals surface area contributed by atoms with Gasteiger partial charge in [-0.2, -0.15) is 0 Å². The maximum Gasteiger partial charge on any atom is 0.222 e. The van der Waals surface area contributed by atoms with E-state index < -0.39 is 5.82 Å². The van der Waals surface area contributed by atoms with Gasteiger partial charge >= 0.3 is 0 Å². The number of anilines is 1. The first-order chi connectivity index (χ1) is 9.76. The Morgan fingerprint density at radius 1 is 1.45 bits per heavy atom. The predicted molar refractivity (Wildman–Crippen MR) is 71.0 cm³/mol. The molecule has 20 heavy (non-hydrogen) atoms. The van der Waals surface area contributed by atoms with Crippen LogP contribution in [0.4, 0.5) is 10.3 Å². The van der Waals surface area contributed by atoms with E-state index in [-0.39, 0.29) is 5.60 Å². The monoisotopic (exact) mass is 282 g/mol. The number of aromatic nitrogens is 2. The molecule has 2 aliphatic rings. The Hall–Kier alpha value is -1.31. The molecular weight excluding hydrogens is 263 g/mol. The summed E-state index contributed by atoms with van der Waals surface area (Å²) in [5, 5.41) is 6.47. The van der Waals surface area contributed by atoms with Crippen LogP contribution < -0.4 is 10.6 Å². The summed E-state index contributed by atoms with van der Waals surface area (Å²) in [7, 11) is 0. The van der Waals surface area contributed by atoms with Gasteiger partial charge in [-0.1, -0.05) is 0 Å². The second-order valence-corrected chi connectivity index (χ2v) is 5.40. The zero-order valence-electron chi connectivity index (χ0n) is 11.3. The van der Waals surface area contributed by atoms with E-state index in [0.29, 0.717) is 31.6 Å². The lowest BCUT2D eigenvalue weighted by Gasteiger charge is -2.25. The third kappa shape index (κ3) is 3.23. The minimum absolute atomic E-state index is 0.202. The molecular formula is C13H19FN4O2. The highest BCUT2D eigenvalue weighted by atomic mass is 19.1. The Morgan fingerprint density at radius 2 is 2.30 bits per heavy atom. The smallest absolute Gasteiger partial charge is 0.222 e. The van der Waals surface area contributed by atoms with Gasteiger partial charge in [0.2, 0.25) is 5.95 Å². The highest BCUT2D eigenvalue weighted by Gasteiger charge is 2.41. The van der Waals surface area contributed by atoms with Gasteiger partial charge in [0, 0.05) is 25.6 Å². The van der Waals surface area contributed by atoms with Crippen molar-refractivity contribution in [2.75, 3.05) is 44.8 Å². The van der Waals surface area contributed by atoms with E-state index in [4.69, 9.17) is 9.47 Å².